The summed E-state index contributed by atoms with van der Waals surface area (Å²) >= 11 is 7.71. The van der Waals surface area contributed by atoms with Crippen LogP contribution in [0.3, 0.4) is 0 Å². The molecule has 0 atom stereocenters. The van der Waals surface area contributed by atoms with Gasteiger partial charge in [-0.3, -0.25) is 0 Å². The van der Waals surface area contributed by atoms with Gasteiger partial charge in [-0.25, -0.2) is 13.4 Å². The molecule has 1 aliphatic heterocycles. The van der Waals surface area contributed by atoms with Gasteiger partial charge in [0.25, 0.3) is 0 Å². The average molecular weight is 504 g/mol. The summed E-state index contributed by atoms with van der Waals surface area (Å²) in [5, 5.41) is 2.87. The van der Waals surface area contributed by atoms with Crippen LogP contribution >= 0.6 is 22.9 Å². The van der Waals surface area contributed by atoms with E-state index in [0.29, 0.717) is 37.2 Å². The standard InChI is InChI=1S/C24H26ClN3O3S2/c25-19-7-5-18(6-8-19)23-17-32-24(28(23)21-3-1-2-4-21)26-20-9-11-22(12-10-20)33(29,30)27-13-15-31-16-14-27/h5-12,17,21H,1-4,13-16H2. The molecule has 174 valence electrons. The Kier molecular flexibility index (Phi) is 6.72. The second kappa shape index (κ2) is 9.72. The molecular formula is C24H26ClN3O3S2. The van der Waals surface area contributed by atoms with Crippen LogP contribution in [0.15, 0.2) is 63.8 Å². The molecule has 0 amide bonds. The fraction of sp³-hybridized carbons (Fsp3) is 0.375. The fourth-order valence-corrected chi connectivity index (χ4v) is 7.01. The van der Waals surface area contributed by atoms with Crippen molar-refractivity contribution in [1.29, 1.82) is 0 Å². The van der Waals surface area contributed by atoms with Crippen molar-refractivity contribution in [3.05, 3.63) is 63.7 Å². The number of benzene rings is 2. The van der Waals surface area contributed by atoms with Crippen molar-refractivity contribution in [1.82, 2.24) is 8.87 Å². The summed E-state index contributed by atoms with van der Waals surface area (Å²) in [6.45, 7) is 1.64. The lowest BCUT2D eigenvalue weighted by Gasteiger charge is -2.26. The Morgan fingerprint density at radius 3 is 2.30 bits per heavy atom. The van der Waals surface area contributed by atoms with Crippen LogP contribution in [0, 0.1) is 0 Å². The summed E-state index contributed by atoms with van der Waals surface area (Å²) < 4.78 is 34.9. The Bertz CT molecular complexity index is 1270. The number of hydrogen-bond acceptors (Lipinski definition) is 5. The number of rotatable bonds is 5. The first-order valence-electron chi connectivity index (χ1n) is 11.2. The Balaban J connectivity index is 1.49. The highest BCUT2D eigenvalue weighted by Gasteiger charge is 2.26. The molecule has 2 aromatic carbocycles. The van der Waals surface area contributed by atoms with Crippen molar-refractivity contribution >= 4 is 38.6 Å². The van der Waals surface area contributed by atoms with Gasteiger partial charge in [-0.1, -0.05) is 36.6 Å². The number of sulfonamides is 1. The van der Waals surface area contributed by atoms with Crippen molar-refractivity contribution < 1.29 is 13.2 Å². The van der Waals surface area contributed by atoms with Crippen LogP contribution in [-0.4, -0.2) is 43.6 Å². The van der Waals surface area contributed by atoms with Crippen LogP contribution in [0.2, 0.25) is 5.02 Å². The van der Waals surface area contributed by atoms with Gasteiger partial charge in [-0.2, -0.15) is 4.31 Å². The predicted octanol–water partition coefficient (Wildman–Crippen LogP) is 5.24. The number of morpholine rings is 1. The molecule has 0 radical (unpaired) electrons. The van der Waals surface area contributed by atoms with Gasteiger partial charge < -0.3 is 9.30 Å². The van der Waals surface area contributed by atoms with Crippen LogP contribution in [0.25, 0.3) is 11.3 Å². The molecule has 0 spiro atoms. The molecule has 1 saturated carbocycles. The van der Waals surface area contributed by atoms with Crippen molar-refractivity contribution in [2.45, 2.75) is 36.6 Å². The molecule has 0 unspecified atom stereocenters. The van der Waals surface area contributed by atoms with E-state index in [1.165, 1.54) is 17.1 Å². The molecule has 1 saturated heterocycles. The summed E-state index contributed by atoms with van der Waals surface area (Å²) in [4.78, 5) is 6.13. The minimum Gasteiger partial charge on any atom is -0.379 e. The highest BCUT2D eigenvalue weighted by molar-refractivity contribution is 7.89. The van der Waals surface area contributed by atoms with Gasteiger partial charge in [0.2, 0.25) is 10.0 Å². The molecule has 5 rings (SSSR count). The summed E-state index contributed by atoms with van der Waals surface area (Å²) in [5.74, 6) is 0. The molecular weight excluding hydrogens is 478 g/mol. The second-order valence-electron chi connectivity index (χ2n) is 8.34. The van der Waals surface area contributed by atoms with E-state index in [0.717, 1.165) is 39.6 Å². The van der Waals surface area contributed by atoms with Gasteiger partial charge in [0, 0.05) is 29.5 Å². The maximum atomic E-state index is 12.9. The molecule has 3 aromatic rings. The first kappa shape index (κ1) is 22.8. The van der Waals surface area contributed by atoms with E-state index >= 15 is 0 Å². The minimum absolute atomic E-state index is 0.292. The van der Waals surface area contributed by atoms with E-state index in [1.807, 2.05) is 24.3 Å². The monoisotopic (exact) mass is 503 g/mol. The van der Waals surface area contributed by atoms with Crippen LogP contribution < -0.4 is 4.80 Å². The minimum atomic E-state index is -3.51. The quantitative estimate of drug-likeness (QED) is 0.478. The third kappa shape index (κ3) is 4.81. The summed E-state index contributed by atoms with van der Waals surface area (Å²) in [6.07, 6.45) is 4.73. The van der Waals surface area contributed by atoms with Crippen LogP contribution in [0.1, 0.15) is 31.7 Å². The van der Waals surface area contributed by atoms with Crippen LogP contribution in [0.5, 0.6) is 0 Å². The maximum Gasteiger partial charge on any atom is 0.243 e. The smallest absolute Gasteiger partial charge is 0.243 e. The molecule has 1 aromatic heterocycles. The highest BCUT2D eigenvalue weighted by atomic mass is 35.5. The number of aromatic nitrogens is 1. The third-order valence-corrected chi connectivity index (χ3v) is 9.25. The van der Waals surface area contributed by atoms with Gasteiger partial charge in [-0.05, 0) is 54.8 Å². The second-order valence-corrected chi connectivity index (χ2v) is 11.6. The van der Waals surface area contributed by atoms with E-state index in [-0.39, 0.29) is 0 Å². The van der Waals surface area contributed by atoms with E-state index in [1.54, 1.807) is 35.6 Å². The number of hydrogen-bond donors (Lipinski definition) is 0. The zero-order chi connectivity index (χ0) is 22.8. The number of nitrogens with zero attached hydrogens (tertiary/aromatic N) is 3. The predicted molar refractivity (Wildman–Crippen MR) is 132 cm³/mol. The first-order valence-corrected chi connectivity index (χ1v) is 13.9. The largest absolute Gasteiger partial charge is 0.379 e. The lowest BCUT2D eigenvalue weighted by molar-refractivity contribution is 0.0730. The fourth-order valence-electron chi connectivity index (χ4n) is 4.49. The van der Waals surface area contributed by atoms with Gasteiger partial charge in [0.15, 0.2) is 4.80 Å². The number of halogens is 1. The topological polar surface area (TPSA) is 63.9 Å². The maximum absolute atomic E-state index is 12.9. The van der Waals surface area contributed by atoms with Gasteiger partial charge in [0.05, 0.1) is 29.5 Å². The van der Waals surface area contributed by atoms with Crippen molar-refractivity contribution in [3.63, 3.8) is 0 Å². The van der Waals surface area contributed by atoms with Crippen molar-refractivity contribution in [3.8, 4) is 11.3 Å². The number of thiazole rings is 1. The van der Waals surface area contributed by atoms with E-state index in [9.17, 15) is 8.42 Å². The van der Waals surface area contributed by atoms with Crippen LogP contribution in [0.4, 0.5) is 5.69 Å². The van der Waals surface area contributed by atoms with E-state index in [4.69, 9.17) is 21.3 Å². The molecule has 2 heterocycles. The molecule has 0 bridgehead atoms. The van der Waals surface area contributed by atoms with E-state index < -0.39 is 10.0 Å². The zero-order valence-corrected chi connectivity index (χ0v) is 20.6. The molecule has 2 fully saturated rings. The zero-order valence-electron chi connectivity index (χ0n) is 18.2. The first-order chi connectivity index (χ1) is 16.0. The number of ether oxygens (including phenoxy) is 1. The van der Waals surface area contributed by atoms with Gasteiger partial charge >= 0.3 is 0 Å². The summed E-state index contributed by atoms with van der Waals surface area (Å²) in [6, 6.07) is 15.2. The summed E-state index contributed by atoms with van der Waals surface area (Å²) in [7, 11) is -3.51. The van der Waals surface area contributed by atoms with E-state index in [2.05, 4.69) is 9.95 Å². The molecule has 2 aliphatic rings. The third-order valence-electron chi connectivity index (χ3n) is 6.24. The molecule has 0 N–H and O–H groups in total. The Morgan fingerprint density at radius 1 is 0.970 bits per heavy atom. The van der Waals surface area contributed by atoms with Gasteiger partial charge in [0.1, 0.15) is 0 Å². The molecule has 6 nitrogen and oxygen atoms in total. The molecule has 9 heteroatoms. The van der Waals surface area contributed by atoms with Crippen molar-refractivity contribution in [2.75, 3.05) is 26.3 Å². The van der Waals surface area contributed by atoms with Crippen LogP contribution in [-0.2, 0) is 14.8 Å². The summed E-state index contributed by atoms with van der Waals surface area (Å²) in [5.41, 5.74) is 3.01. The Morgan fingerprint density at radius 2 is 1.64 bits per heavy atom. The van der Waals surface area contributed by atoms with Crippen molar-refractivity contribution in [2.24, 2.45) is 4.99 Å². The SMILES string of the molecule is O=S(=O)(c1ccc(N=c2scc(-c3ccc(Cl)cc3)n2C2CCCC2)cc1)N1CCOCC1. The Labute approximate surface area is 203 Å². The highest BCUT2D eigenvalue weighted by Crippen LogP contribution is 2.34. The average Bonchev–Trinajstić information content (AvgIpc) is 3.51. The van der Waals surface area contributed by atoms with Gasteiger partial charge in [-0.15, -0.1) is 11.3 Å². The molecule has 33 heavy (non-hydrogen) atoms. The Hall–Kier alpha value is -1.97. The normalized spacial score (nSPS) is 18.8. The lowest BCUT2D eigenvalue weighted by Crippen LogP contribution is -2.40. The lowest BCUT2D eigenvalue weighted by atomic mass is 10.1. The molecule has 1 aliphatic carbocycles.